The van der Waals surface area contributed by atoms with Gasteiger partial charge in [0.05, 0.1) is 12.1 Å². The van der Waals surface area contributed by atoms with Crippen LogP contribution in [0.15, 0.2) is 0 Å². The van der Waals surface area contributed by atoms with E-state index in [2.05, 4.69) is 31.4 Å². The van der Waals surface area contributed by atoms with E-state index in [1.807, 2.05) is 11.9 Å². The molecule has 2 atom stereocenters. The monoisotopic (exact) mass is 285 g/mol. The highest BCUT2D eigenvalue weighted by Gasteiger charge is 2.59. The SMILES string of the molecule is CCNC(=O)NC(=O)CN(C)[C@H]1C[C@](C)(OC)C1(C)C. The molecule has 0 aromatic heterocycles. The number of amides is 3. The Hall–Kier alpha value is -1.14. The van der Waals surface area contributed by atoms with Crippen LogP contribution in [0.2, 0.25) is 0 Å². The maximum atomic E-state index is 11.8. The molecule has 20 heavy (non-hydrogen) atoms. The van der Waals surface area contributed by atoms with Gasteiger partial charge in [-0.2, -0.15) is 0 Å². The minimum atomic E-state index is -0.444. The Morgan fingerprint density at radius 3 is 2.40 bits per heavy atom. The van der Waals surface area contributed by atoms with Crippen molar-refractivity contribution in [3.63, 3.8) is 0 Å². The molecular weight excluding hydrogens is 258 g/mol. The van der Waals surface area contributed by atoms with Crippen molar-refractivity contribution in [2.24, 2.45) is 5.41 Å². The normalized spacial score (nSPS) is 27.9. The van der Waals surface area contributed by atoms with Crippen molar-refractivity contribution in [3.8, 4) is 0 Å². The van der Waals surface area contributed by atoms with Gasteiger partial charge in [-0.3, -0.25) is 15.0 Å². The highest BCUT2D eigenvalue weighted by Crippen LogP contribution is 2.53. The van der Waals surface area contributed by atoms with E-state index in [1.54, 1.807) is 14.0 Å². The van der Waals surface area contributed by atoms with E-state index >= 15 is 0 Å². The standard InChI is InChI=1S/C14H27N3O3/c1-7-15-12(19)16-11(18)9-17(5)10-8-14(4,20-6)13(10,2)3/h10H,7-9H2,1-6H3,(H2,15,16,18,19)/t10-,14-/m0/s1. The number of imide groups is 1. The summed E-state index contributed by atoms with van der Waals surface area (Å²) >= 11 is 0. The number of nitrogens with zero attached hydrogens (tertiary/aromatic N) is 1. The predicted octanol–water partition coefficient (Wildman–Crippen LogP) is 0.968. The van der Waals surface area contributed by atoms with Gasteiger partial charge in [-0.25, -0.2) is 4.79 Å². The van der Waals surface area contributed by atoms with Crippen molar-refractivity contribution in [1.29, 1.82) is 0 Å². The topological polar surface area (TPSA) is 70.7 Å². The molecule has 3 amide bonds. The summed E-state index contributed by atoms with van der Waals surface area (Å²) in [5.41, 5.74) is -0.204. The molecule has 2 N–H and O–H groups in total. The van der Waals surface area contributed by atoms with Crippen molar-refractivity contribution in [1.82, 2.24) is 15.5 Å². The highest BCUT2D eigenvalue weighted by molar-refractivity contribution is 5.95. The highest BCUT2D eigenvalue weighted by atomic mass is 16.5. The quantitative estimate of drug-likeness (QED) is 0.789. The summed E-state index contributed by atoms with van der Waals surface area (Å²) < 4.78 is 5.58. The van der Waals surface area contributed by atoms with Crippen LogP contribution >= 0.6 is 0 Å². The van der Waals surface area contributed by atoms with Crippen LogP contribution in [-0.4, -0.2) is 55.7 Å². The molecule has 0 saturated heterocycles. The number of nitrogens with one attached hydrogen (secondary N) is 2. The van der Waals surface area contributed by atoms with Crippen molar-refractivity contribution in [2.75, 3.05) is 27.2 Å². The Labute approximate surface area is 121 Å². The van der Waals surface area contributed by atoms with E-state index in [0.29, 0.717) is 6.54 Å². The fourth-order valence-corrected chi connectivity index (χ4v) is 2.87. The van der Waals surface area contributed by atoms with Crippen LogP contribution in [0.4, 0.5) is 4.79 Å². The molecule has 1 rings (SSSR count). The molecule has 116 valence electrons. The lowest BCUT2D eigenvalue weighted by Gasteiger charge is -2.61. The van der Waals surface area contributed by atoms with Crippen molar-refractivity contribution >= 4 is 11.9 Å². The minimum absolute atomic E-state index is 0.0392. The van der Waals surface area contributed by atoms with Gasteiger partial charge in [-0.15, -0.1) is 0 Å². The predicted molar refractivity (Wildman–Crippen MR) is 77.4 cm³/mol. The average Bonchev–Trinajstić information content (AvgIpc) is 2.34. The number of hydrogen-bond donors (Lipinski definition) is 2. The molecule has 0 spiro atoms. The van der Waals surface area contributed by atoms with Crippen molar-refractivity contribution < 1.29 is 14.3 Å². The van der Waals surface area contributed by atoms with Crippen LogP contribution in [0.3, 0.4) is 0 Å². The molecule has 0 unspecified atom stereocenters. The van der Waals surface area contributed by atoms with Crippen LogP contribution < -0.4 is 10.6 Å². The smallest absolute Gasteiger partial charge is 0.321 e. The maximum absolute atomic E-state index is 11.8. The molecular formula is C14H27N3O3. The Kier molecular flexibility index (Phi) is 5.15. The summed E-state index contributed by atoms with van der Waals surface area (Å²) in [5, 5.41) is 4.85. The lowest BCUT2D eigenvalue weighted by atomic mass is 9.55. The largest absolute Gasteiger partial charge is 0.378 e. The second kappa shape index (κ2) is 6.10. The Bertz CT molecular complexity index is 384. The lowest BCUT2D eigenvalue weighted by Crippen LogP contribution is -2.68. The molecule has 0 bridgehead atoms. The summed E-state index contributed by atoms with van der Waals surface area (Å²) in [6.07, 6.45) is 0.876. The van der Waals surface area contributed by atoms with E-state index < -0.39 is 6.03 Å². The lowest BCUT2D eigenvalue weighted by molar-refractivity contribution is -0.205. The maximum Gasteiger partial charge on any atom is 0.321 e. The second-order valence-electron chi connectivity index (χ2n) is 6.20. The number of urea groups is 1. The molecule has 1 aliphatic rings. The zero-order valence-electron chi connectivity index (χ0n) is 13.4. The molecule has 1 fully saturated rings. The first-order valence-electron chi connectivity index (χ1n) is 7.01. The van der Waals surface area contributed by atoms with Gasteiger partial charge in [0.15, 0.2) is 0 Å². The summed E-state index contributed by atoms with van der Waals surface area (Å²) in [4.78, 5) is 25.0. The third-order valence-electron chi connectivity index (χ3n) is 4.74. The zero-order valence-corrected chi connectivity index (χ0v) is 13.4. The van der Waals surface area contributed by atoms with Gasteiger partial charge in [0.1, 0.15) is 0 Å². The molecule has 0 aromatic rings. The van der Waals surface area contributed by atoms with Gasteiger partial charge in [0.25, 0.3) is 0 Å². The third-order valence-corrected chi connectivity index (χ3v) is 4.74. The zero-order chi connectivity index (χ0) is 15.6. The van der Waals surface area contributed by atoms with Crippen LogP contribution in [0.1, 0.15) is 34.1 Å². The first kappa shape index (κ1) is 16.9. The average molecular weight is 285 g/mol. The number of likely N-dealkylation sites (N-methyl/N-ethyl adjacent to an activating group) is 1. The summed E-state index contributed by atoms with van der Waals surface area (Å²) in [6, 6.07) is -0.187. The molecule has 1 aliphatic carbocycles. The first-order valence-corrected chi connectivity index (χ1v) is 7.01. The first-order chi connectivity index (χ1) is 9.17. The van der Waals surface area contributed by atoms with E-state index in [1.165, 1.54) is 0 Å². The van der Waals surface area contributed by atoms with Gasteiger partial charge in [-0.1, -0.05) is 13.8 Å². The molecule has 6 heteroatoms. The van der Waals surface area contributed by atoms with Gasteiger partial charge in [0, 0.05) is 25.1 Å². The molecule has 6 nitrogen and oxygen atoms in total. The van der Waals surface area contributed by atoms with E-state index in [9.17, 15) is 9.59 Å². The Morgan fingerprint density at radius 2 is 1.95 bits per heavy atom. The summed E-state index contributed by atoms with van der Waals surface area (Å²) in [7, 11) is 3.62. The fraction of sp³-hybridized carbons (Fsp3) is 0.857. The van der Waals surface area contributed by atoms with E-state index in [4.69, 9.17) is 4.74 Å². The van der Waals surface area contributed by atoms with E-state index in [-0.39, 0.29) is 29.5 Å². The number of methoxy groups -OCH3 is 1. The number of ether oxygens (including phenoxy) is 1. The van der Waals surface area contributed by atoms with Crippen LogP contribution in [0.5, 0.6) is 0 Å². The van der Waals surface area contributed by atoms with Crippen LogP contribution in [-0.2, 0) is 9.53 Å². The number of hydrogen-bond acceptors (Lipinski definition) is 4. The summed E-state index contributed by atoms with van der Waals surface area (Å²) in [6.45, 7) is 8.87. The van der Waals surface area contributed by atoms with Crippen molar-refractivity contribution in [3.05, 3.63) is 0 Å². The van der Waals surface area contributed by atoms with Crippen molar-refractivity contribution in [2.45, 2.75) is 45.8 Å². The third kappa shape index (κ3) is 3.12. The van der Waals surface area contributed by atoms with Gasteiger partial charge >= 0.3 is 6.03 Å². The van der Waals surface area contributed by atoms with Crippen LogP contribution in [0, 0.1) is 5.41 Å². The Morgan fingerprint density at radius 1 is 1.35 bits per heavy atom. The van der Waals surface area contributed by atoms with Gasteiger partial charge in [-0.05, 0) is 27.3 Å². The van der Waals surface area contributed by atoms with E-state index in [0.717, 1.165) is 6.42 Å². The summed E-state index contributed by atoms with van der Waals surface area (Å²) in [5.74, 6) is -0.291. The molecule has 0 radical (unpaired) electrons. The molecule has 0 heterocycles. The fourth-order valence-electron chi connectivity index (χ4n) is 2.87. The number of carbonyl (C=O) groups is 2. The Balaban J connectivity index is 2.51. The second-order valence-corrected chi connectivity index (χ2v) is 6.20. The van der Waals surface area contributed by atoms with Gasteiger partial charge in [0.2, 0.25) is 5.91 Å². The number of rotatable bonds is 5. The van der Waals surface area contributed by atoms with Gasteiger partial charge < -0.3 is 10.1 Å². The molecule has 1 saturated carbocycles. The molecule has 0 aromatic carbocycles. The number of carbonyl (C=O) groups excluding carboxylic acids is 2. The van der Waals surface area contributed by atoms with Crippen LogP contribution in [0.25, 0.3) is 0 Å². The molecule has 0 aliphatic heterocycles. The minimum Gasteiger partial charge on any atom is -0.378 e.